The first-order valence-electron chi connectivity index (χ1n) is 6.95. The van der Waals surface area contributed by atoms with Crippen LogP contribution in [0.3, 0.4) is 0 Å². The quantitative estimate of drug-likeness (QED) is 0.843. The molecule has 1 saturated carbocycles. The van der Waals surface area contributed by atoms with E-state index < -0.39 is 28.9 Å². The Morgan fingerprint density at radius 1 is 1.29 bits per heavy atom. The molecule has 0 saturated heterocycles. The Bertz CT molecular complexity index is 517. The molecule has 0 aliphatic heterocycles. The van der Waals surface area contributed by atoms with Crippen molar-refractivity contribution in [2.75, 3.05) is 6.61 Å². The van der Waals surface area contributed by atoms with Gasteiger partial charge in [0, 0.05) is 5.56 Å². The first kappa shape index (κ1) is 15.8. The smallest absolute Gasteiger partial charge is 0.252 e. The number of benzene rings is 1. The highest BCUT2D eigenvalue weighted by Gasteiger charge is 2.35. The van der Waals surface area contributed by atoms with Gasteiger partial charge in [-0.1, -0.05) is 6.92 Å². The topological polar surface area (TPSA) is 49.3 Å². The van der Waals surface area contributed by atoms with Crippen molar-refractivity contribution >= 4 is 5.91 Å². The molecule has 1 aromatic rings. The van der Waals surface area contributed by atoms with Crippen LogP contribution in [0.5, 0.6) is 0 Å². The molecule has 6 heteroatoms. The van der Waals surface area contributed by atoms with Crippen LogP contribution in [0.1, 0.15) is 43.0 Å². The van der Waals surface area contributed by atoms with E-state index in [2.05, 4.69) is 12.2 Å². The summed E-state index contributed by atoms with van der Waals surface area (Å²) in [6, 6.07) is 1.31. The molecule has 1 fully saturated rings. The summed E-state index contributed by atoms with van der Waals surface area (Å²) < 4.78 is 39.2. The monoisotopic (exact) mass is 301 g/mol. The van der Waals surface area contributed by atoms with Crippen LogP contribution in [0.2, 0.25) is 0 Å². The molecule has 2 N–H and O–H groups in total. The average Bonchev–Trinajstić information content (AvgIpc) is 2.47. The fraction of sp³-hybridized carbons (Fsp3) is 0.533. The normalized spacial score (nSPS) is 25.7. The standard InChI is InChI=1S/C15H18F3NO2/c1-9-2-4-15(8-20,5-3-9)19-14(21)10-6-11(16)13(18)12(17)7-10/h6-7,9,20H,2-5,8H2,1H3,(H,19,21). The predicted octanol–water partition coefficient (Wildman–Crippen LogP) is 2.77. The summed E-state index contributed by atoms with van der Waals surface area (Å²) in [4.78, 5) is 12.1. The molecule has 0 radical (unpaired) electrons. The van der Waals surface area contributed by atoms with E-state index in [1.165, 1.54) is 0 Å². The summed E-state index contributed by atoms with van der Waals surface area (Å²) >= 11 is 0. The maximum atomic E-state index is 13.2. The van der Waals surface area contributed by atoms with Gasteiger partial charge in [0.25, 0.3) is 5.91 Å². The number of hydrogen-bond donors (Lipinski definition) is 2. The van der Waals surface area contributed by atoms with Crippen LogP contribution in [0, 0.1) is 23.4 Å². The van der Waals surface area contributed by atoms with Gasteiger partial charge in [-0.15, -0.1) is 0 Å². The highest BCUT2D eigenvalue weighted by atomic mass is 19.2. The first-order valence-corrected chi connectivity index (χ1v) is 6.95. The van der Waals surface area contributed by atoms with E-state index in [0.717, 1.165) is 12.8 Å². The zero-order valence-corrected chi connectivity index (χ0v) is 11.8. The zero-order valence-electron chi connectivity index (χ0n) is 11.8. The number of carbonyl (C=O) groups is 1. The SMILES string of the molecule is CC1CCC(CO)(NC(=O)c2cc(F)c(F)c(F)c2)CC1. The Morgan fingerprint density at radius 2 is 1.81 bits per heavy atom. The molecule has 0 bridgehead atoms. The van der Waals surface area contributed by atoms with Gasteiger partial charge in [-0.3, -0.25) is 4.79 Å². The van der Waals surface area contributed by atoms with Gasteiger partial charge >= 0.3 is 0 Å². The van der Waals surface area contributed by atoms with Crippen LogP contribution in [0.4, 0.5) is 13.2 Å². The molecule has 0 aromatic heterocycles. The second-order valence-electron chi connectivity index (χ2n) is 5.83. The molecule has 21 heavy (non-hydrogen) atoms. The average molecular weight is 301 g/mol. The van der Waals surface area contributed by atoms with Crippen molar-refractivity contribution in [3.63, 3.8) is 0 Å². The van der Waals surface area contributed by atoms with Gasteiger partial charge in [-0.25, -0.2) is 13.2 Å². The second kappa shape index (κ2) is 6.05. The Morgan fingerprint density at radius 3 is 2.29 bits per heavy atom. The van der Waals surface area contributed by atoms with Crippen molar-refractivity contribution in [1.82, 2.24) is 5.32 Å². The number of hydrogen-bond acceptors (Lipinski definition) is 2. The number of amides is 1. The summed E-state index contributed by atoms with van der Waals surface area (Å²) in [6.45, 7) is 1.85. The van der Waals surface area contributed by atoms with Gasteiger partial charge in [-0.2, -0.15) is 0 Å². The van der Waals surface area contributed by atoms with Gasteiger partial charge in [0.1, 0.15) is 0 Å². The molecule has 1 amide bonds. The molecule has 3 nitrogen and oxygen atoms in total. The molecule has 0 spiro atoms. The highest BCUT2D eigenvalue weighted by molar-refractivity contribution is 5.94. The third-order valence-electron chi connectivity index (χ3n) is 4.16. The molecule has 116 valence electrons. The zero-order chi connectivity index (χ0) is 15.6. The Hall–Kier alpha value is -1.56. The van der Waals surface area contributed by atoms with E-state index in [1.807, 2.05) is 0 Å². The Labute approximate surface area is 121 Å². The molecule has 0 unspecified atom stereocenters. The minimum absolute atomic E-state index is 0.238. The number of nitrogens with one attached hydrogen (secondary N) is 1. The third-order valence-corrected chi connectivity index (χ3v) is 4.16. The van der Waals surface area contributed by atoms with Gasteiger partial charge in [-0.05, 0) is 43.7 Å². The van der Waals surface area contributed by atoms with Crippen LogP contribution in [0.15, 0.2) is 12.1 Å². The predicted molar refractivity (Wildman–Crippen MR) is 71.2 cm³/mol. The lowest BCUT2D eigenvalue weighted by atomic mass is 9.77. The van der Waals surface area contributed by atoms with Crippen LogP contribution < -0.4 is 5.32 Å². The fourth-order valence-corrected chi connectivity index (χ4v) is 2.64. The molecule has 2 rings (SSSR count). The number of rotatable bonds is 3. The summed E-state index contributed by atoms with van der Waals surface area (Å²) in [5.41, 5.74) is -1.07. The summed E-state index contributed by atoms with van der Waals surface area (Å²) in [5, 5.41) is 12.2. The van der Waals surface area contributed by atoms with Crippen molar-refractivity contribution < 1.29 is 23.1 Å². The van der Waals surface area contributed by atoms with Gasteiger partial charge in [0.05, 0.1) is 12.1 Å². The first-order chi connectivity index (χ1) is 9.87. The molecular weight excluding hydrogens is 283 g/mol. The minimum atomic E-state index is -1.60. The largest absolute Gasteiger partial charge is 0.394 e. The van der Waals surface area contributed by atoms with E-state index in [-0.39, 0.29) is 12.2 Å². The number of halogens is 3. The van der Waals surface area contributed by atoms with Crippen LogP contribution in [0.25, 0.3) is 0 Å². The van der Waals surface area contributed by atoms with Crippen molar-refractivity contribution in [3.05, 3.63) is 35.1 Å². The van der Waals surface area contributed by atoms with E-state index in [0.29, 0.717) is 30.9 Å². The molecule has 0 heterocycles. The van der Waals surface area contributed by atoms with Crippen molar-refractivity contribution in [3.8, 4) is 0 Å². The summed E-state index contributed by atoms with van der Waals surface area (Å²) in [6.07, 6.45) is 2.91. The van der Waals surface area contributed by atoms with Crippen LogP contribution in [-0.2, 0) is 0 Å². The minimum Gasteiger partial charge on any atom is -0.394 e. The molecule has 1 aromatic carbocycles. The van der Waals surface area contributed by atoms with Gasteiger partial charge in [0.15, 0.2) is 17.5 Å². The fourth-order valence-electron chi connectivity index (χ4n) is 2.64. The van der Waals surface area contributed by atoms with Crippen LogP contribution >= 0.6 is 0 Å². The summed E-state index contributed by atoms with van der Waals surface area (Å²) in [5.74, 6) is -4.61. The Kier molecular flexibility index (Phi) is 4.56. The Balaban J connectivity index is 2.17. The molecule has 1 aliphatic carbocycles. The van der Waals surface area contributed by atoms with Crippen molar-refractivity contribution in [1.29, 1.82) is 0 Å². The van der Waals surface area contributed by atoms with E-state index in [9.17, 15) is 23.1 Å². The lowest BCUT2D eigenvalue weighted by Gasteiger charge is -2.38. The highest BCUT2D eigenvalue weighted by Crippen LogP contribution is 2.32. The number of aliphatic hydroxyl groups is 1. The maximum absolute atomic E-state index is 13.2. The molecule has 0 atom stereocenters. The van der Waals surface area contributed by atoms with Gasteiger partial charge in [0.2, 0.25) is 0 Å². The van der Waals surface area contributed by atoms with Crippen molar-refractivity contribution in [2.45, 2.75) is 38.1 Å². The molecule has 1 aliphatic rings. The maximum Gasteiger partial charge on any atom is 0.252 e. The third kappa shape index (κ3) is 3.37. The lowest BCUT2D eigenvalue weighted by Crippen LogP contribution is -2.53. The van der Waals surface area contributed by atoms with E-state index >= 15 is 0 Å². The van der Waals surface area contributed by atoms with E-state index in [4.69, 9.17) is 0 Å². The lowest BCUT2D eigenvalue weighted by molar-refractivity contribution is 0.0716. The number of carbonyl (C=O) groups excluding carboxylic acids is 1. The summed E-state index contributed by atoms with van der Waals surface area (Å²) in [7, 11) is 0. The van der Waals surface area contributed by atoms with Crippen molar-refractivity contribution in [2.24, 2.45) is 5.92 Å². The van der Waals surface area contributed by atoms with Crippen LogP contribution in [-0.4, -0.2) is 23.2 Å². The van der Waals surface area contributed by atoms with E-state index in [1.54, 1.807) is 0 Å². The number of aliphatic hydroxyl groups excluding tert-OH is 1. The molecular formula is C15H18F3NO2. The van der Waals surface area contributed by atoms with Gasteiger partial charge < -0.3 is 10.4 Å². The second-order valence-corrected chi connectivity index (χ2v) is 5.83.